The van der Waals surface area contributed by atoms with Gasteiger partial charge in [0.15, 0.2) is 11.2 Å². The molecule has 3 heterocycles. The normalized spacial score (nSPS) is 22.8. The van der Waals surface area contributed by atoms with E-state index in [1.165, 1.54) is 23.5 Å². The Labute approximate surface area is 183 Å². The maximum Gasteiger partial charge on any atom is 0.195 e. The first-order chi connectivity index (χ1) is 15.1. The molecular formula is C25H16FN3OS. The predicted molar refractivity (Wildman–Crippen MR) is 115 cm³/mol. The molecule has 0 saturated carbocycles. The van der Waals surface area contributed by atoms with Crippen LogP contribution in [0.15, 0.2) is 72.2 Å². The van der Waals surface area contributed by atoms with Gasteiger partial charge < -0.3 is 4.90 Å². The number of Topliss-reactive ketones (excluding diaryl/α,β-unsaturated/α-hetero) is 1. The lowest BCUT2D eigenvalue weighted by atomic mass is 9.67. The molecule has 1 saturated heterocycles. The van der Waals surface area contributed by atoms with Crippen molar-refractivity contribution in [3.05, 3.63) is 99.6 Å². The fourth-order valence-corrected chi connectivity index (χ4v) is 5.60. The Morgan fingerprint density at radius 1 is 1.03 bits per heavy atom. The number of fused-ring (bicyclic) bond motifs is 3. The van der Waals surface area contributed by atoms with Gasteiger partial charge in [-0.15, -0.1) is 11.3 Å². The molecule has 0 aliphatic carbocycles. The highest BCUT2D eigenvalue weighted by Crippen LogP contribution is 2.60. The molecule has 31 heavy (non-hydrogen) atoms. The highest BCUT2D eigenvalue weighted by molar-refractivity contribution is 7.12. The van der Waals surface area contributed by atoms with Crippen LogP contribution >= 0.6 is 11.3 Å². The van der Waals surface area contributed by atoms with Crippen molar-refractivity contribution in [1.29, 1.82) is 10.5 Å². The average molecular weight is 425 g/mol. The van der Waals surface area contributed by atoms with Crippen LogP contribution in [0.4, 0.5) is 4.39 Å². The number of benzene rings is 2. The van der Waals surface area contributed by atoms with Crippen molar-refractivity contribution in [3.63, 3.8) is 0 Å². The molecule has 3 aromatic rings. The fourth-order valence-electron chi connectivity index (χ4n) is 4.90. The largest absolute Gasteiger partial charge is 0.357 e. The third-order valence-corrected chi connectivity index (χ3v) is 7.09. The van der Waals surface area contributed by atoms with Crippen LogP contribution < -0.4 is 0 Å². The number of ketones is 1. The molecule has 0 bridgehead atoms. The van der Waals surface area contributed by atoms with Crippen LogP contribution in [0, 0.1) is 33.9 Å². The zero-order valence-electron chi connectivity index (χ0n) is 16.3. The van der Waals surface area contributed by atoms with Crippen LogP contribution in [-0.4, -0.2) is 16.7 Å². The Morgan fingerprint density at radius 2 is 1.77 bits per heavy atom. The molecule has 0 amide bonds. The molecule has 6 heteroatoms. The summed E-state index contributed by atoms with van der Waals surface area (Å²) in [5, 5.41) is 22.6. The molecule has 0 radical (unpaired) electrons. The minimum atomic E-state index is -1.53. The van der Waals surface area contributed by atoms with Gasteiger partial charge in [0.05, 0.1) is 23.1 Å². The van der Waals surface area contributed by atoms with E-state index >= 15 is 0 Å². The van der Waals surface area contributed by atoms with Gasteiger partial charge in [-0.05, 0) is 46.3 Å². The summed E-state index contributed by atoms with van der Waals surface area (Å²) in [5.41, 5.74) is 0.818. The van der Waals surface area contributed by atoms with E-state index in [2.05, 4.69) is 12.1 Å². The van der Waals surface area contributed by atoms with Crippen molar-refractivity contribution in [1.82, 2.24) is 4.90 Å². The minimum absolute atomic E-state index is 0.147. The highest BCUT2D eigenvalue weighted by Gasteiger charge is 2.63. The summed E-state index contributed by atoms with van der Waals surface area (Å²) >= 11 is 1.33. The average Bonchev–Trinajstić information content (AvgIpc) is 3.44. The fraction of sp³-hybridized carbons (Fsp3) is 0.160. The van der Waals surface area contributed by atoms with E-state index in [1.54, 1.807) is 24.3 Å². The van der Waals surface area contributed by atoms with E-state index < -0.39 is 29.2 Å². The van der Waals surface area contributed by atoms with Crippen LogP contribution in [0.25, 0.3) is 6.08 Å². The van der Waals surface area contributed by atoms with E-state index in [0.717, 1.165) is 11.1 Å². The number of carbonyl (C=O) groups is 1. The Bertz CT molecular complexity index is 1250. The van der Waals surface area contributed by atoms with E-state index in [1.807, 2.05) is 46.8 Å². The molecule has 1 aromatic heterocycles. The van der Waals surface area contributed by atoms with Crippen molar-refractivity contribution < 1.29 is 9.18 Å². The standard InChI is InChI=1S/C25H16FN3OS/c26-18-9-7-17(8-10-18)21-22(23(30)20-6-3-13-31-20)29-12-11-16-4-1-2-5-19(16)24(29)25(21,14-27)15-28/h1-13,21-22,24H/t21-,22-,24+/m0/s1. The summed E-state index contributed by atoms with van der Waals surface area (Å²) in [5.74, 6) is -1.31. The van der Waals surface area contributed by atoms with Gasteiger partial charge >= 0.3 is 0 Å². The number of nitrogens with zero attached hydrogens (tertiary/aromatic N) is 3. The van der Waals surface area contributed by atoms with Crippen LogP contribution in [0.1, 0.15) is 38.3 Å². The number of hydrogen-bond donors (Lipinski definition) is 0. The molecule has 2 aliphatic heterocycles. The number of hydrogen-bond acceptors (Lipinski definition) is 5. The minimum Gasteiger partial charge on any atom is -0.357 e. The van der Waals surface area contributed by atoms with Gasteiger partial charge in [-0.25, -0.2) is 4.39 Å². The molecule has 150 valence electrons. The third kappa shape index (κ3) is 2.73. The number of nitriles is 2. The lowest BCUT2D eigenvalue weighted by Crippen LogP contribution is -2.37. The summed E-state index contributed by atoms with van der Waals surface area (Å²) in [7, 11) is 0. The van der Waals surface area contributed by atoms with Gasteiger partial charge in [0.25, 0.3) is 0 Å². The van der Waals surface area contributed by atoms with Gasteiger partial charge in [0, 0.05) is 12.1 Å². The zero-order valence-corrected chi connectivity index (χ0v) is 17.1. The van der Waals surface area contributed by atoms with Crippen LogP contribution in [0.3, 0.4) is 0 Å². The maximum atomic E-state index is 13.7. The first kappa shape index (κ1) is 19.2. The summed E-state index contributed by atoms with van der Waals surface area (Å²) in [4.78, 5) is 16.1. The second-order valence-corrected chi connectivity index (χ2v) is 8.65. The molecule has 2 aliphatic rings. The molecule has 2 aromatic carbocycles. The van der Waals surface area contributed by atoms with Gasteiger partial charge in [-0.2, -0.15) is 10.5 Å². The van der Waals surface area contributed by atoms with Gasteiger partial charge in [0.1, 0.15) is 11.9 Å². The number of rotatable bonds is 3. The Morgan fingerprint density at radius 3 is 2.45 bits per heavy atom. The first-order valence-electron chi connectivity index (χ1n) is 9.81. The van der Waals surface area contributed by atoms with Crippen molar-refractivity contribution in [3.8, 4) is 12.1 Å². The molecule has 0 spiro atoms. The molecular weight excluding hydrogens is 409 g/mol. The SMILES string of the molecule is N#CC1(C#N)[C@@H](c2ccc(F)cc2)[C@@H](C(=O)c2cccs2)N2C=Cc3ccccc3[C@@H]21. The maximum absolute atomic E-state index is 13.7. The highest BCUT2D eigenvalue weighted by atomic mass is 32.1. The lowest BCUT2D eigenvalue weighted by molar-refractivity contribution is 0.0879. The van der Waals surface area contributed by atoms with Gasteiger partial charge in [0.2, 0.25) is 0 Å². The summed E-state index contributed by atoms with van der Waals surface area (Å²) in [6, 6.07) is 20.1. The van der Waals surface area contributed by atoms with Crippen molar-refractivity contribution in [2.24, 2.45) is 5.41 Å². The summed E-state index contributed by atoms with van der Waals surface area (Å²) in [6.45, 7) is 0. The Hall–Kier alpha value is -3.74. The smallest absolute Gasteiger partial charge is 0.195 e. The van der Waals surface area contributed by atoms with Crippen molar-refractivity contribution >= 4 is 23.2 Å². The molecule has 5 rings (SSSR count). The van der Waals surface area contributed by atoms with Crippen molar-refractivity contribution in [2.75, 3.05) is 0 Å². The van der Waals surface area contributed by atoms with Crippen LogP contribution in [-0.2, 0) is 0 Å². The van der Waals surface area contributed by atoms with Crippen LogP contribution in [0.2, 0.25) is 0 Å². The number of thiophene rings is 1. The van der Waals surface area contributed by atoms with Crippen LogP contribution in [0.5, 0.6) is 0 Å². The lowest BCUT2D eigenvalue weighted by Gasteiger charge is -2.34. The summed E-state index contributed by atoms with van der Waals surface area (Å²) in [6.07, 6.45) is 3.73. The zero-order chi connectivity index (χ0) is 21.6. The predicted octanol–water partition coefficient (Wildman–Crippen LogP) is 5.30. The van der Waals surface area contributed by atoms with E-state index in [4.69, 9.17) is 0 Å². The van der Waals surface area contributed by atoms with Gasteiger partial charge in [-0.1, -0.05) is 42.5 Å². The Kier molecular flexibility index (Phi) is 4.46. The number of carbonyl (C=O) groups excluding carboxylic acids is 1. The third-order valence-electron chi connectivity index (χ3n) is 6.21. The molecule has 0 N–H and O–H groups in total. The van der Waals surface area contributed by atoms with E-state index in [0.29, 0.717) is 10.4 Å². The first-order valence-corrected chi connectivity index (χ1v) is 10.7. The molecule has 0 unspecified atom stereocenters. The van der Waals surface area contributed by atoms with E-state index in [-0.39, 0.29) is 5.78 Å². The van der Waals surface area contributed by atoms with E-state index in [9.17, 15) is 19.7 Å². The Balaban J connectivity index is 1.78. The topological polar surface area (TPSA) is 67.9 Å². The van der Waals surface area contributed by atoms with Gasteiger partial charge in [-0.3, -0.25) is 4.79 Å². The second-order valence-electron chi connectivity index (χ2n) is 7.70. The molecule has 3 atom stereocenters. The quantitative estimate of drug-likeness (QED) is 0.534. The molecule has 4 nitrogen and oxygen atoms in total. The number of halogens is 1. The van der Waals surface area contributed by atoms with Crippen molar-refractivity contribution in [2.45, 2.75) is 18.0 Å². The molecule has 1 fully saturated rings. The monoisotopic (exact) mass is 425 g/mol. The second kappa shape index (κ2) is 7.19. The summed E-state index contributed by atoms with van der Waals surface area (Å²) < 4.78 is 13.7.